The first-order valence-electron chi connectivity index (χ1n) is 7.04. The summed E-state index contributed by atoms with van der Waals surface area (Å²) in [5.74, 6) is 2.23. The Hall–Kier alpha value is 0.310. The van der Waals surface area contributed by atoms with E-state index in [0.29, 0.717) is 22.4 Å². The molecule has 2 aliphatic carbocycles. The normalized spacial score (nSPS) is 48.2. The van der Waals surface area contributed by atoms with E-state index in [9.17, 15) is 0 Å². The minimum atomic E-state index is 0.276. The number of fused-ring (bicyclic) bond motifs is 1. The first-order valence-corrected chi connectivity index (χ1v) is 8.09. The van der Waals surface area contributed by atoms with Crippen LogP contribution >= 0.6 is 11.8 Å². The second kappa shape index (κ2) is 3.45. The largest absolute Gasteiger partial charge is 0.363 e. The molecule has 17 heavy (non-hydrogen) atoms. The average Bonchev–Trinajstić information content (AvgIpc) is 2.59. The van der Waals surface area contributed by atoms with E-state index in [2.05, 4.69) is 46.4 Å². The lowest BCUT2D eigenvalue weighted by Crippen LogP contribution is -2.49. The molecule has 0 radical (unpaired) electrons. The summed E-state index contributed by atoms with van der Waals surface area (Å²) in [5, 5.41) is 0. The molecule has 1 spiro atoms. The summed E-state index contributed by atoms with van der Waals surface area (Å²) in [7, 11) is 0. The predicted octanol–water partition coefficient (Wildman–Crippen LogP) is 4.32. The van der Waals surface area contributed by atoms with Crippen LogP contribution in [0, 0.1) is 22.2 Å². The van der Waals surface area contributed by atoms with Crippen LogP contribution in [0.2, 0.25) is 0 Å². The Bertz CT molecular complexity index is 330. The first kappa shape index (κ1) is 12.3. The molecule has 2 heteroatoms. The van der Waals surface area contributed by atoms with Gasteiger partial charge in [-0.25, -0.2) is 0 Å². The van der Waals surface area contributed by atoms with E-state index >= 15 is 0 Å². The van der Waals surface area contributed by atoms with Gasteiger partial charge in [0.1, 0.15) is 5.44 Å². The Labute approximate surface area is 110 Å². The van der Waals surface area contributed by atoms with Gasteiger partial charge in [0.05, 0.1) is 6.10 Å². The molecule has 1 saturated heterocycles. The van der Waals surface area contributed by atoms with Gasteiger partial charge >= 0.3 is 0 Å². The summed E-state index contributed by atoms with van der Waals surface area (Å²) in [6, 6.07) is 0. The summed E-state index contributed by atoms with van der Waals surface area (Å²) in [4.78, 5) is 0. The van der Waals surface area contributed by atoms with Crippen molar-refractivity contribution in [2.24, 2.45) is 22.2 Å². The lowest BCUT2D eigenvalue weighted by Gasteiger charge is -2.49. The lowest BCUT2D eigenvalue weighted by atomic mass is 9.69. The summed E-state index contributed by atoms with van der Waals surface area (Å²) >= 11 is 2.08. The maximum Gasteiger partial charge on any atom is 0.108 e. The fourth-order valence-corrected chi connectivity index (χ4v) is 6.26. The maximum atomic E-state index is 6.50. The van der Waals surface area contributed by atoms with E-state index < -0.39 is 0 Å². The van der Waals surface area contributed by atoms with Gasteiger partial charge in [-0.05, 0) is 36.0 Å². The molecule has 4 unspecified atom stereocenters. The Morgan fingerprint density at radius 2 is 1.94 bits per heavy atom. The monoisotopic (exact) mass is 254 g/mol. The van der Waals surface area contributed by atoms with Crippen LogP contribution in [0.3, 0.4) is 0 Å². The summed E-state index contributed by atoms with van der Waals surface area (Å²) < 4.78 is 6.50. The Balaban J connectivity index is 1.85. The van der Waals surface area contributed by atoms with Crippen molar-refractivity contribution in [2.75, 3.05) is 5.75 Å². The third-order valence-corrected chi connectivity index (χ3v) is 7.65. The molecule has 0 aromatic rings. The Morgan fingerprint density at radius 1 is 1.24 bits per heavy atom. The van der Waals surface area contributed by atoms with Gasteiger partial charge in [0, 0.05) is 11.2 Å². The fraction of sp³-hybridized carbons (Fsp3) is 1.00. The van der Waals surface area contributed by atoms with Gasteiger partial charge < -0.3 is 4.74 Å². The van der Waals surface area contributed by atoms with E-state index in [0.717, 1.165) is 5.92 Å². The molecule has 3 rings (SSSR count). The average molecular weight is 254 g/mol. The highest BCUT2D eigenvalue weighted by atomic mass is 32.2. The molecular weight excluding hydrogens is 228 g/mol. The maximum absolute atomic E-state index is 6.50. The Morgan fingerprint density at radius 3 is 2.53 bits per heavy atom. The first-order chi connectivity index (χ1) is 7.77. The van der Waals surface area contributed by atoms with Gasteiger partial charge in [0.25, 0.3) is 0 Å². The van der Waals surface area contributed by atoms with Crippen LogP contribution in [0.1, 0.15) is 53.9 Å². The molecule has 98 valence electrons. The summed E-state index contributed by atoms with van der Waals surface area (Å²) in [6.07, 6.45) is 4.70. The molecule has 0 N–H and O–H groups in total. The third kappa shape index (κ3) is 1.49. The van der Waals surface area contributed by atoms with E-state index in [1.807, 2.05) is 0 Å². The van der Waals surface area contributed by atoms with Gasteiger partial charge in [-0.2, -0.15) is 0 Å². The molecule has 3 aliphatic rings. The zero-order valence-corrected chi connectivity index (χ0v) is 12.7. The molecule has 3 fully saturated rings. The molecule has 4 atom stereocenters. The van der Waals surface area contributed by atoms with E-state index in [-0.39, 0.29) is 5.41 Å². The van der Waals surface area contributed by atoms with Gasteiger partial charge in [-0.3, -0.25) is 0 Å². The van der Waals surface area contributed by atoms with Crippen LogP contribution in [0.25, 0.3) is 0 Å². The van der Waals surface area contributed by atoms with Gasteiger partial charge in [-0.15, -0.1) is 11.8 Å². The quantitative estimate of drug-likeness (QED) is 0.637. The molecule has 1 heterocycles. The second-order valence-electron chi connectivity index (χ2n) is 7.98. The highest BCUT2D eigenvalue weighted by Crippen LogP contribution is 2.69. The standard InChI is InChI=1S/C15H26OS/c1-13(2,3)12-16-11-8-10-6-7-15(11,9-17-12)14(10,4)5/h10-12H,6-9H2,1-5H3. The Kier molecular flexibility index (Phi) is 2.50. The topological polar surface area (TPSA) is 9.23 Å². The van der Waals surface area contributed by atoms with Crippen molar-refractivity contribution in [3.8, 4) is 0 Å². The summed E-state index contributed by atoms with van der Waals surface area (Å²) in [5.41, 5.74) is 1.67. The van der Waals surface area contributed by atoms with Crippen LogP contribution in [0.15, 0.2) is 0 Å². The van der Waals surface area contributed by atoms with Crippen molar-refractivity contribution >= 4 is 11.8 Å². The van der Waals surface area contributed by atoms with Crippen LogP contribution in [-0.4, -0.2) is 17.3 Å². The lowest BCUT2D eigenvalue weighted by molar-refractivity contribution is -0.0932. The van der Waals surface area contributed by atoms with Gasteiger partial charge in [0.2, 0.25) is 0 Å². The highest BCUT2D eigenvalue weighted by molar-refractivity contribution is 7.99. The zero-order valence-electron chi connectivity index (χ0n) is 11.9. The molecule has 2 bridgehead atoms. The molecule has 1 nitrogen and oxygen atoms in total. The second-order valence-corrected chi connectivity index (χ2v) is 9.03. The smallest absolute Gasteiger partial charge is 0.108 e. The molecule has 0 aromatic heterocycles. The molecule has 1 aliphatic heterocycles. The minimum absolute atomic E-state index is 0.276. The van der Waals surface area contributed by atoms with Crippen molar-refractivity contribution in [1.82, 2.24) is 0 Å². The van der Waals surface area contributed by atoms with Crippen LogP contribution in [0.4, 0.5) is 0 Å². The van der Waals surface area contributed by atoms with Crippen molar-refractivity contribution in [3.63, 3.8) is 0 Å². The number of thioether (sulfide) groups is 1. The number of ether oxygens (including phenoxy) is 1. The number of hydrogen-bond donors (Lipinski definition) is 0. The summed E-state index contributed by atoms with van der Waals surface area (Å²) in [6.45, 7) is 11.9. The van der Waals surface area contributed by atoms with Crippen molar-refractivity contribution in [1.29, 1.82) is 0 Å². The van der Waals surface area contributed by atoms with Gasteiger partial charge in [-0.1, -0.05) is 34.6 Å². The van der Waals surface area contributed by atoms with Crippen molar-refractivity contribution in [2.45, 2.75) is 65.4 Å². The van der Waals surface area contributed by atoms with Crippen LogP contribution < -0.4 is 0 Å². The predicted molar refractivity (Wildman–Crippen MR) is 74.1 cm³/mol. The minimum Gasteiger partial charge on any atom is -0.363 e. The highest BCUT2D eigenvalue weighted by Gasteiger charge is 2.66. The van der Waals surface area contributed by atoms with E-state index in [1.165, 1.54) is 25.0 Å². The molecular formula is C15H26OS. The van der Waals surface area contributed by atoms with Gasteiger partial charge in [0.15, 0.2) is 0 Å². The molecule has 0 aromatic carbocycles. The van der Waals surface area contributed by atoms with Crippen molar-refractivity contribution < 1.29 is 4.74 Å². The SMILES string of the molecule is CC(C)(C)C1OC2CC3CCC2(CS1)C3(C)C. The number of hydrogen-bond acceptors (Lipinski definition) is 2. The fourth-order valence-electron chi connectivity index (χ4n) is 4.40. The zero-order chi connectivity index (χ0) is 12.5. The van der Waals surface area contributed by atoms with Crippen LogP contribution in [0.5, 0.6) is 0 Å². The van der Waals surface area contributed by atoms with E-state index in [4.69, 9.17) is 4.74 Å². The van der Waals surface area contributed by atoms with Crippen molar-refractivity contribution in [3.05, 3.63) is 0 Å². The number of rotatable bonds is 0. The molecule has 2 saturated carbocycles. The third-order valence-electron chi connectivity index (χ3n) is 5.84. The van der Waals surface area contributed by atoms with E-state index in [1.54, 1.807) is 0 Å². The van der Waals surface area contributed by atoms with Crippen LogP contribution in [-0.2, 0) is 4.74 Å². The molecule has 0 amide bonds.